The monoisotopic (exact) mass is 327 g/mol. The highest BCUT2D eigenvalue weighted by Gasteiger charge is 2.22. The molecule has 0 aliphatic carbocycles. The lowest BCUT2D eigenvalue weighted by Crippen LogP contribution is -2.48. The predicted molar refractivity (Wildman–Crippen MR) is 95.3 cm³/mol. The number of guanidine groups is 1. The van der Waals surface area contributed by atoms with Crippen molar-refractivity contribution >= 4 is 5.96 Å². The van der Waals surface area contributed by atoms with E-state index < -0.39 is 0 Å². The lowest BCUT2D eigenvalue weighted by atomic mass is 10.1. The summed E-state index contributed by atoms with van der Waals surface area (Å²) in [5.74, 6) is 1.92. The van der Waals surface area contributed by atoms with E-state index >= 15 is 0 Å². The van der Waals surface area contributed by atoms with Crippen molar-refractivity contribution in [1.82, 2.24) is 19.8 Å². The Hall–Kier alpha value is -2.50. The first-order chi connectivity index (χ1) is 11.8. The summed E-state index contributed by atoms with van der Waals surface area (Å²) in [6, 6.07) is 10.1. The van der Waals surface area contributed by atoms with E-state index in [1.165, 1.54) is 0 Å². The molecule has 1 N–H and O–H groups in total. The highest BCUT2D eigenvalue weighted by molar-refractivity contribution is 5.79. The molecule has 3 rings (SSSR count). The van der Waals surface area contributed by atoms with Gasteiger partial charge in [-0.15, -0.1) is 0 Å². The summed E-state index contributed by atoms with van der Waals surface area (Å²) < 4.78 is 8.11. The molecule has 1 aliphatic heterocycles. The quantitative estimate of drug-likeness (QED) is 0.674. The van der Waals surface area contributed by atoms with E-state index in [1.54, 1.807) is 6.20 Å². The SMILES string of the molecule is CN=C(NCCn1ccnc1)N1CCC(Oc2ccccc2)CC1. The highest BCUT2D eigenvalue weighted by Crippen LogP contribution is 2.18. The van der Waals surface area contributed by atoms with Gasteiger partial charge in [-0.25, -0.2) is 4.98 Å². The van der Waals surface area contributed by atoms with E-state index in [9.17, 15) is 0 Å². The van der Waals surface area contributed by atoms with Gasteiger partial charge in [-0.05, 0) is 12.1 Å². The molecule has 0 unspecified atom stereocenters. The van der Waals surface area contributed by atoms with Crippen LogP contribution in [0.15, 0.2) is 54.0 Å². The Labute approximate surface area is 143 Å². The number of para-hydroxylation sites is 1. The van der Waals surface area contributed by atoms with E-state index in [4.69, 9.17) is 4.74 Å². The summed E-state index contributed by atoms with van der Waals surface area (Å²) >= 11 is 0. The molecule has 1 saturated heterocycles. The van der Waals surface area contributed by atoms with Crippen LogP contribution in [-0.4, -0.2) is 53.2 Å². The fraction of sp³-hybridized carbons (Fsp3) is 0.444. The molecule has 0 saturated carbocycles. The first kappa shape index (κ1) is 16.4. The van der Waals surface area contributed by atoms with Crippen molar-refractivity contribution < 1.29 is 4.74 Å². The van der Waals surface area contributed by atoms with Crippen LogP contribution in [-0.2, 0) is 6.54 Å². The molecule has 1 aromatic carbocycles. The number of ether oxygens (including phenoxy) is 1. The highest BCUT2D eigenvalue weighted by atomic mass is 16.5. The molecule has 0 atom stereocenters. The van der Waals surface area contributed by atoms with E-state index in [0.29, 0.717) is 0 Å². The van der Waals surface area contributed by atoms with Gasteiger partial charge >= 0.3 is 0 Å². The number of piperidine rings is 1. The predicted octanol–water partition coefficient (Wildman–Crippen LogP) is 2.00. The standard InChI is InChI=1S/C18H25N5O/c1-19-18(21-10-14-22-13-9-20-15-22)23-11-7-17(8-12-23)24-16-5-3-2-4-6-16/h2-6,9,13,15,17H,7-8,10-12,14H2,1H3,(H,19,21). The van der Waals surface area contributed by atoms with Crippen LogP contribution >= 0.6 is 0 Å². The lowest BCUT2D eigenvalue weighted by molar-refractivity contribution is 0.129. The Bertz CT molecular complexity index is 618. The van der Waals surface area contributed by atoms with Crippen LogP contribution < -0.4 is 10.1 Å². The van der Waals surface area contributed by atoms with Crippen LogP contribution in [0, 0.1) is 0 Å². The number of nitrogens with one attached hydrogen (secondary N) is 1. The number of hydrogen-bond donors (Lipinski definition) is 1. The maximum atomic E-state index is 6.05. The van der Waals surface area contributed by atoms with Crippen molar-refractivity contribution in [1.29, 1.82) is 0 Å². The molecule has 24 heavy (non-hydrogen) atoms. The second-order valence-electron chi connectivity index (χ2n) is 5.89. The molecule has 128 valence electrons. The van der Waals surface area contributed by atoms with Crippen molar-refractivity contribution in [2.45, 2.75) is 25.5 Å². The van der Waals surface area contributed by atoms with Crippen molar-refractivity contribution in [3.05, 3.63) is 49.1 Å². The van der Waals surface area contributed by atoms with Crippen LogP contribution in [0.4, 0.5) is 0 Å². The minimum Gasteiger partial charge on any atom is -0.490 e. The molecule has 0 radical (unpaired) electrons. The second-order valence-corrected chi connectivity index (χ2v) is 5.89. The molecule has 0 bridgehead atoms. The van der Waals surface area contributed by atoms with Crippen LogP contribution in [0.3, 0.4) is 0 Å². The zero-order chi connectivity index (χ0) is 16.6. The number of likely N-dealkylation sites (tertiary alicyclic amines) is 1. The summed E-state index contributed by atoms with van der Waals surface area (Å²) in [6.45, 7) is 3.64. The third kappa shape index (κ3) is 4.50. The maximum Gasteiger partial charge on any atom is 0.193 e. The van der Waals surface area contributed by atoms with Gasteiger partial charge in [0.25, 0.3) is 0 Å². The maximum absolute atomic E-state index is 6.05. The van der Waals surface area contributed by atoms with Gasteiger partial charge in [0.1, 0.15) is 11.9 Å². The average Bonchev–Trinajstić information content (AvgIpc) is 3.14. The minimum absolute atomic E-state index is 0.285. The largest absolute Gasteiger partial charge is 0.490 e. The Morgan fingerprint density at radius 2 is 2.08 bits per heavy atom. The molecule has 0 amide bonds. The normalized spacial score (nSPS) is 16.2. The summed E-state index contributed by atoms with van der Waals surface area (Å²) in [5.41, 5.74) is 0. The van der Waals surface area contributed by atoms with Crippen molar-refractivity contribution in [3.63, 3.8) is 0 Å². The number of benzene rings is 1. The summed E-state index contributed by atoms with van der Waals surface area (Å²) in [4.78, 5) is 10.8. The molecule has 2 heterocycles. The molecule has 1 fully saturated rings. The summed E-state index contributed by atoms with van der Waals surface area (Å²) in [5, 5.41) is 3.43. The molecule has 0 spiro atoms. The Kier molecular flexibility index (Phi) is 5.71. The first-order valence-electron chi connectivity index (χ1n) is 8.48. The van der Waals surface area contributed by atoms with E-state index in [-0.39, 0.29) is 6.10 Å². The van der Waals surface area contributed by atoms with E-state index in [2.05, 4.69) is 24.8 Å². The Balaban J connectivity index is 1.42. The van der Waals surface area contributed by atoms with Gasteiger partial charge in [0.05, 0.1) is 6.33 Å². The number of rotatable bonds is 5. The zero-order valence-electron chi connectivity index (χ0n) is 14.1. The zero-order valence-corrected chi connectivity index (χ0v) is 14.1. The fourth-order valence-corrected chi connectivity index (χ4v) is 2.93. The topological polar surface area (TPSA) is 54.7 Å². The van der Waals surface area contributed by atoms with Gasteiger partial charge in [-0.2, -0.15) is 0 Å². The number of aromatic nitrogens is 2. The van der Waals surface area contributed by atoms with Gasteiger partial charge in [-0.1, -0.05) is 18.2 Å². The number of nitrogens with zero attached hydrogens (tertiary/aromatic N) is 4. The molecule has 2 aromatic rings. The third-order valence-electron chi connectivity index (χ3n) is 4.21. The second kappa shape index (κ2) is 8.38. The molecular weight excluding hydrogens is 302 g/mol. The van der Waals surface area contributed by atoms with Crippen LogP contribution in [0.5, 0.6) is 5.75 Å². The van der Waals surface area contributed by atoms with Gasteiger partial charge in [0.2, 0.25) is 0 Å². The number of hydrogen-bond acceptors (Lipinski definition) is 3. The van der Waals surface area contributed by atoms with Crippen LogP contribution in [0.25, 0.3) is 0 Å². The van der Waals surface area contributed by atoms with Crippen molar-refractivity contribution in [2.24, 2.45) is 4.99 Å². The average molecular weight is 327 g/mol. The van der Waals surface area contributed by atoms with E-state index in [1.807, 2.05) is 49.9 Å². The van der Waals surface area contributed by atoms with Crippen LogP contribution in [0.1, 0.15) is 12.8 Å². The molecule has 1 aromatic heterocycles. The van der Waals surface area contributed by atoms with Gasteiger partial charge in [-0.3, -0.25) is 4.99 Å². The van der Waals surface area contributed by atoms with Gasteiger partial charge < -0.3 is 19.5 Å². The summed E-state index contributed by atoms with van der Waals surface area (Å²) in [6.07, 6.45) is 7.90. The van der Waals surface area contributed by atoms with Crippen LogP contribution in [0.2, 0.25) is 0 Å². The van der Waals surface area contributed by atoms with Crippen molar-refractivity contribution in [2.75, 3.05) is 26.7 Å². The smallest absolute Gasteiger partial charge is 0.193 e. The van der Waals surface area contributed by atoms with Gasteiger partial charge in [0.15, 0.2) is 5.96 Å². The first-order valence-corrected chi connectivity index (χ1v) is 8.48. The minimum atomic E-state index is 0.285. The fourth-order valence-electron chi connectivity index (χ4n) is 2.93. The molecule has 1 aliphatic rings. The summed E-state index contributed by atoms with van der Waals surface area (Å²) in [7, 11) is 1.84. The Morgan fingerprint density at radius 3 is 2.75 bits per heavy atom. The van der Waals surface area contributed by atoms with Crippen molar-refractivity contribution in [3.8, 4) is 5.75 Å². The lowest BCUT2D eigenvalue weighted by Gasteiger charge is -2.34. The number of imidazole rings is 1. The molecular formula is C18H25N5O. The number of aliphatic imine (C=N–C) groups is 1. The van der Waals surface area contributed by atoms with Gasteiger partial charge in [0, 0.05) is 58.5 Å². The molecule has 6 heteroatoms. The third-order valence-corrected chi connectivity index (χ3v) is 4.21. The Morgan fingerprint density at radius 1 is 1.29 bits per heavy atom. The molecule has 6 nitrogen and oxygen atoms in total. The van der Waals surface area contributed by atoms with E-state index in [0.717, 1.165) is 50.7 Å².